The highest BCUT2D eigenvalue weighted by Crippen LogP contribution is 2.11. The number of rotatable bonds is 5. The Morgan fingerprint density at radius 1 is 1.50 bits per heavy atom. The van der Waals surface area contributed by atoms with Crippen molar-refractivity contribution in [2.75, 3.05) is 19.6 Å². The second-order valence-electron chi connectivity index (χ2n) is 5.37. The van der Waals surface area contributed by atoms with Crippen molar-refractivity contribution in [1.82, 2.24) is 20.0 Å². The molecule has 20 heavy (non-hydrogen) atoms. The van der Waals surface area contributed by atoms with Crippen LogP contribution in [0.1, 0.15) is 18.5 Å². The van der Waals surface area contributed by atoms with Crippen molar-refractivity contribution in [3.63, 3.8) is 0 Å². The zero-order chi connectivity index (χ0) is 13.8. The number of hydrogen-bond acceptors (Lipinski definition) is 3. The first kappa shape index (κ1) is 13.1. The van der Waals surface area contributed by atoms with Crippen LogP contribution in [0.5, 0.6) is 0 Å². The first-order valence-corrected chi connectivity index (χ1v) is 7.21. The summed E-state index contributed by atoms with van der Waals surface area (Å²) in [7, 11) is 0. The molecule has 1 atom stereocenters. The van der Waals surface area contributed by atoms with Gasteiger partial charge in [0.2, 0.25) is 5.91 Å². The summed E-state index contributed by atoms with van der Waals surface area (Å²) < 4.78 is 1.94. The van der Waals surface area contributed by atoms with Gasteiger partial charge in [0.15, 0.2) is 0 Å². The zero-order valence-electron chi connectivity index (χ0n) is 11.5. The third kappa shape index (κ3) is 3.17. The Balaban J connectivity index is 1.48. The molecule has 3 heterocycles. The number of carbonyl (C=O) groups is 1. The molecule has 1 amide bonds. The van der Waals surface area contributed by atoms with Gasteiger partial charge in [-0.05, 0) is 44.0 Å². The Labute approximate surface area is 118 Å². The Morgan fingerprint density at radius 2 is 2.45 bits per heavy atom. The van der Waals surface area contributed by atoms with Crippen molar-refractivity contribution in [3.05, 3.63) is 36.3 Å². The van der Waals surface area contributed by atoms with Crippen molar-refractivity contribution in [2.45, 2.75) is 19.3 Å². The van der Waals surface area contributed by atoms with E-state index in [9.17, 15) is 4.79 Å². The van der Waals surface area contributed by atoms with Crippen molar-refractivity contribution in [3.8, 4) is 0 Å². The fourth-order valence-electron chi connectivity index (χ4n) is 2.68. The van der Waals surface area contributed by atoms with Crippen LogP contribution in [0.2, 0.25) is 0 Å². The lowest BCUT2D eigenvalue weighted by Gasteiger charge is -2.08. The molecule has 0 spiro atoms. The van der Waals surface area contributed by atoms with Gasteiger partial charge in [0.05, 0.1) is 12.1 Å². The molecule has 0 aliphatic carbocycles. The number of carbonyl (C=O) groups excluding carboxylic acids is 1. The minimum absolute atomic E-state index is 0.0550. The number of nitrogens with zero attached hydrogens (tertiary/aromatic N) is 2. The predicted molar refractivity (Wildman–Crippen MR) is 77.5 cm³/mol. The molecule has 0 radical (unpaired) electrons. The summed E-state index contributed by atoms with van der Waals surface area (Å²) >= 11 is 0. The van der Waals surface area contributed by atoms with E-state index < -0.39 is 0 Å². The number of hydrogen-bond donors (Lipinski definition) is 2. The molecule has 2 N–H and O–H groups in total. The maximum absolute atomic E-state index is 11.9. The van der Waals surface area contributed by atoms with Gasteiger partial charge in [-0.2, -0.15) is 0 Å². The van der Waals surface area contributed by atoms with Crippen LogP contribution in [0.4, 0.5) is 0 Å². The van der Waals surface area contributed by atoms with Crippen molar-refractivity contribution in [1.29, 1.82) is 0 Å². The zero-order valence-corrected chi connectivity index (χ0v) is 11.5. The van der Waals surface area contributed by atoms with E-state index >= 15 is 0 Å². The minimum Gasteiger partial charge on any atom is -0.356 e. The van der Waals surface area contributed by atoms with E-state index in [1.54, 1.807) is 0 Å². The van der Waals surface area contributed by atoms with Crippen molar-refractivity contribution < 1.29 is 4.79 Å². The molecule has 1 unspecified atom stereocenters. The average molecular weight is 272 g/mol. The number of pyridine rings is 1. The molecule has 5 nitrogen and oxygen atoms in total. The first-order valence-electron chi connectivity index (χ1n) is 7.21. The van der Waals surface area contributed by atoms with E-state index in [-0.39, 0.29) is 5.91 Å². The van der Waals surface area contributed by atoms with Crippen LogP contribution in [0.15, 0.2) is 30.6 Å². The van der Waals surface area contributed by atoms with Gasteiger partial charge in [-0.25, -0.2) is 4.98 Å². The highest BCUT2D eigenvalue weighted by Gasteiger charge is 2.14. The van der Waals surface area contributed by atoms with Crippen LogP contribution >= 0.6 is 0 Å². The molecule has 2 aromatic rings. The van der Waals surface area contributed by atoms with Crippen LogP contribution < -0.4 is 10.6 Å². The standard InChI is InChI=1S/C15H20N4O/c20-15(17-7-5-12-4-6-16-10-12)9-13-11-19-8-2-1-3-14(19)18-13/h1-3,8,11-12,16H,4-7,9-10H2,(H,17,20). The fraction of sp³-hybridized carbons (Fsp3) is 0.467. The lowest BCUT2D eigenvalue weighted by Crippen LogP contribution is -2.27. The summed E-state index contributed by atoms with van der Waals surface area (Å²) in [6.07, 6.45) is 6.49. The fourth-order valence-corrected chi connectivity index (χ4v) is 2.68. The van der Waals surface area contributed by atoms with Gasteiger partial charge in [-0.3, -0.25) is 4.79 Å². The highest BCUT2D eigenvalue weighted by molar-refractivity contribution is 5.78. The van der Waals surface area contributed by atoms with Gasteiger partial charge in [-0.1, -0.05) is 6.07 Å². The summed E-state index contributed by atoms with van der Waals surface area (Å²) in [4.78, 5) is 16.3. The lowest BCUT2D eigenvalue weighted by molar-refractivity contribution is -0.120. The molecule has 3 rings (SSSR count). The largest absolute Gasteiger partial charge is 0.356 e. The van der Waals surface area contributed by atoms with Gasteiger partial charge in [-0.15, -0.1) is 0 Å². The molecular weight excluding hydrogens is 252 g/mol. The van der Waals surface area contributed by atoms with E-state index in [1.165, 1.54) is 6.42 Å². The SMILES string of the molecule is O=C(Cc1cn2ccccc2n1)NCCC1CCNC1. The van der Waals surface area contributed by atoms with E-state index in [2.05, 4.69) is 15.6 Å². The van der Waals surface area contributed by atoms with Crippen molar-refractivity contribution in [2.24, 2.45) is 5.92 Å². The van der Waals surface area contributed by atoms with E-state index in [0.29, 0.717) is 12.3 Å². The average Bonchev–Trinajstić information content (AvgIpc) is 3.06. The van der Waals surface area contributed by atoms with Gasteiger partial charge >= 0.3 is 0 Å². The Morgan fingerprint density at radius 3 is 3.25 bits per heavy atom. The number of amides is 1. The van der Waals surface area contributed by atoms with E-state index in [4.69, 9.17) is 0 Å². The van der Waals surface area contributed by atoms with E-state index in [0.717, 1.165) is 37.4 Å². The molecule has 5 heteroatoms. The second-order valence-corrected chi connectivity index (χ2v) is 5.37. The molecule has 0 aromatic carbocycles. The Hall–Kier alpha value is -1.88. The molecule has 0 bridgehead atoms. The van der Waals surface area contributed by atoms with Crippen LogP contribution in [-0.4, -0.2) is 34.9 Å². The monoisotopic (exact) mass is 272 g/mol. The molecule has 1 aliphatic heterocycles. The smallest absolute Gasteiger partial charge is 0.226 e. The van der Waals surface area contributed by atoms with Gasteiger partial charge in [0.1, 0.15) is 5.65 Å². The molecule has 0 saturated carbocycles. The summed E-state index contributed by atoms with van der Waals surface area (Å²) in [5.74, 6) is 0.768. The number of aromatic nitrogens is 2. The molecule has 106 valence electrons. The third-order valence-corrected chi connectivity index (χ3v) is 3.79. The van der Waals surface area contributed by atoms with Crippen LogP contribution in [-0.2, 0) is 11.2 Å². The van der Waals surface area contributed by atoms with Crippen LogP contribution in [0.3, 0.4) is 0 Å². The minimum atomic E-state index is 0.0550. The molecule has 1 saturated heterocycles. The quantitative estimate of drug-likeness (QED) is 0.853. The second kappa shape index (κ2) is 6.05. The number of fused-ring (bicyclic) bond motifs is 1. The predicted octanol–water partition coefficient (Wildman–Crippen LogP) is 0.993. The summed E-state index contributed by atoms with van der Waals surface area (Å²) in [5, 5.41) is 6.33. The normalized spacial score (nSPS) is 18.5. The molecular formula is C15H20N4O. The lowest BCUT2D eigenvalue weighted by atomic mass is 10.1. The third-order valence-electron chi connectivity index (χ3n) is 3.79. The molecule has 1 fully saturated rings. The first-order chi connectivity index (χ1) is 9.81. The summed E-state index contributed by atoms with van der Waals surface area (Å²) in [6, 6.07) is 5.84. The highest BCUT2D eigenvalue weighted by atomic mass is 16.1. The van der Waals surface area contributed by atoms with Gasteiger partial charge in [0, 0.05) is 18.9 Å². The number of nitrogens with one attached hydrogen (secondary N) is 2. The topological polar surface area (TPSA) is 58.4 Å². The Kier molecular flexibility index (Phi) is 3.97. The summed E-state index contributed by atoms with van der Waals surface area (Å²) in [5.41, 5.74) is 1.70. The van der Waals surface area contributed by atoms with Crippen molar-refractivity contribution >= 4 is 11.6 Å². The van der Waals surface area contributed by atoms with Crippen LogP contribution in [0, 0.1) is 5.92 Å². The maximum atomic E-state index is 11.9. The van der Waals surface area contributed by atoms with Gasteiger partial charge < -0.3 is 15.0 Å². The van der Waals surface area contributed by atoms with Crippen LogP contribution in [0.25, 0.3) is 5.65 Å². The van der Waals surface area contributed by atoms with Gasteiger partial charge in [0.25, 0.3) is 0 Å². The molecule has 2 aromatic heterocycles. The maximum Gasteiger partial charge on any atom is 0.226 e. The number of imidazole rings is 1. The van der Waals surface area contributed by atoms with E-state index in [1.807, 2.05) is 35.0 Å². The summed E-state index contributed by atoms with van der Waals surface area (Å²) in [6.45, 7) is 2.96. The molecule has 1 aliphatic rings. The Bertz CT molecular complexity index is 553.